The summed E-state index contributed by atoms with van der Waals surface area (Å²) in [5, 5.41) is 13.4. The number of benzene rings is 2. The van der Waals surface area contributed by atoms with Gasteiger partial charge in [0.05, 0.1) is 4.92 Å². The lowest BCUT2D eigenvalue weighted by atomic mass is 10.2. The van der Waals surface area contributed by atoms with Crippen LogP contribution in [0.2, 0.25) is 0 Å². The summed E-state index contributed by atoms with van der Waals surface area (Å²) in [5.41, 5.74) is 6.37. The van der Waals surface area contributed by atoms with Crippen LogP contribution in [0.3, 0.4) is 0 Å². The minimum Gasteiger partial charge on any atom is -0.399 e. The maximum Gasteiger partial charge on any atom is 0.292 e. The molecule has 7 heteroatoms. The molecular weight excluding hydrogens is 326 g/mol. The molecule has 2 aromatic rings. The number of hydrogen-bond donors (Lipinski definition) is 2. The highest BCUT2D eigenvalue weighted by molar-refractivity contribution is 9.10. The van der Waals surface area contributed by atoms with Crippen LogP contribution in [0.1, 0.15) is 10.4 Å². The highest BCUT2D eigenvalue weighted by Gasteiger charge is 2.16. The number of nitrogens with two attached hydrogens (primary N) is 1. The number of rotatable bonds is 3. The number of nitrogens with one attached hydrogen (secondary N) is 1. The molecule has 102 valence electrons. The summed E-state index contributed by atoms with van der Waals surface area (Å²) in [4.78, 5) is 22.4. The molecule has 0 radical (unpaired) electrons. The molecule has 0 aliphatic carbocycles. The average molecular weight is 336 g/mol. The number of nitrogens with zero attached hydrogens (tertiary/aromatic N) is 1. The smallest absolute Gasteiger partial charge is 0.292 e. The molecule has 1 amide bonds. The lowest BCUT2D eigenvalue weighted by Crippen LogP contribution is -2.13. The standard InChI is InChI=1S/C13H10BrN3O3/c14-9-5-8(6-10(15)7-9)13(18)16-11-3-1-2-4-12(11)17(19)20/h1-7H,15H2,(H,16,18). The van der Waals surface area contributed by atoms with Gasteiger partial charge in [-0.15, -0.1) is 0 Å². The molecule has 0 heterocycles. The van der Waals surface area contributed by atoms with E-state index in [-0.39, 0.29) is 11.4 Å². The zero-order valence-electron chi connectivity index (χ0n) is 10.2. The second-order valence-electron chi connectivity index (χ2n) is 4.00. The van der Waals surface area contributed by atoms with Crippen LogP contribution in [-0.4, -0.2) is 10.8 Å². The lowest BCUT2D eigenvalue weighted by molar-refractivity contribution is -0.383. The van der Waals surface area contributed by atoms with Crippen molar-refractivity contribution >= 4 is 38.9 Å². The number of halogens is 1. The normalized spacial score (nSPS) is 10.1. The number of nitro groups is 1. The maximum absolute atomic E-state index is 12.1. The molecule has 0 saturated heterocycles. The van der Waals surface area contributed by atoms with Crippen LogP contribution in [0.4, 0.5) is 17.1 Å². The molecule has 0 aromatic heterocycles. The van der Waals surface area contributed by atoms with Gasteiger partial charge in [0.2, 0.25) is 0 Å². The zero-order chi connectivity index (χ0) is 14.7. The van der Waals surface area contributed by atoms with Gasteiger partial charge >= 0.3 is 0 Å². The number of carbonyl (C=O) groups excluding carboxylic acids is 1. The summed E-state index contributed by atoms with van der Waals surface area (Å²) in [6.07, 6.45) is 0. The number of para-hydroxylation sites is 2. The van der Waals surface area contributed by atoms with Gasteiger partial charge in [-0.25, -0.2) is 0 Å². The molecule has 0 unspecified atom stereocenters. The number of hydrogen-bond acceptors (Lipinski definition) is 4. The van der Waals surface area contributed by atoms with E-state index in [9.17, 15) is 14.9 Å². The molecule has 6 nitrogen and oxygen atoms in total. The third kappa shape index (κ3) is 3.12. The molecule has 0 aliphatic heterocycles. The first-order valence-corrected chi connectivity index (χ1v) is 6.37. The highest BCUT2D eigenvalue weighted by atomic mass is 79.9. The molecular formula is C13H10BrN3O3. The third-order valence-corrected chi connectivity index (χ3v) is 2.99. The van der Waals surface area contributed by atoms with Crippen molar-refractivity contribution in [2.45, 2.75) is 0 Å². The van der Waals surface area contributed by atoms with Crippen LogP contribution < -0.4 is 11.1 Å². The van der Waals surface area contributed by atoms with E-state index in [0.717, 1.165) is 0 Å². The summed E-state index contributed by atoms with van der Waals surface area (Å²) >= 11 is 3.24. The van der Waals surface area contributed by atoms with Crippen LogP contribution in [0.15, 0.2) is 46.9 Å². The number of anilines is 2. The number of nitro benzene ring substituents is 1. The predicted molar refractivity (Wildman–Crippen MR) is 79.6 cm³/mol. The van der Waals surface area contributed by atoms with Gasteiger partial charge in [0.25, 0.3) is 11.6 Å². The fraction of sp³-hybridized carbons (Fsp3) is 0. The van der Waals surface area contributed by atoms with Gasteiger partial charge in [-0.3, -0.25) is 14.9 Å². The van der Waals surface area contributed by atoms with Gasteiger partial charge in [-0.1, -0.05) is 28.1 Å². The van der Waals surface area contributed by atoms with Gasteiger partial charge in [-0.2, -0.15) is 0 Å². The monoisotopic (exact) mass is 335 g/mol. The summed E-state index contributed by atoms with van der Waals surface area (Å²) in [7, 11) is 0. The maximum atomic E-state index is 12.1. The van der Waals surface area contributed by atoms with Gasteiger partial charge in [0, 0.05) is 21.8 Å². The van der Waals surface area contributed by atoms with Crippen LogP contribution in [0, 0.1) is 10.1 Å². The Morgan fingerprint density at radius 2 is 1.95 bits per heavy atom. The fourth-order valence-corrected chi connectivity index (χ4v) is 2.19. The summed E-state index contributed by atoms with van der Waals surface area (Å²) in [6, 6.07) is 10.7. The van der Waals surface area contributed by atoms with Crippen molar-refractivity contribution in [1.82, 2.24) is 0 Å². The van der Waals surface area contributed by atoms with Crippen molar-refractivity contribution in [2.75, 3.05) is 11.1 Å². The van der Waals surface area contributed by atoms with Gasteiger partial charge in [0.15, 0.2) is 0 Å². The largest absolute Gasteiger partial charge is 0.399 e. The van der Waals surface area contributed by atoms with E-state index in [4.69, 9.17) is 5.73 Å². The van der Waals surface area contributed by atoms with E-state index in [1.807, 2.05) is 0 Å². The Morgan fingerprint density at radius 3 is 2.60 bits per heavy atom. The second-order valence-corrected chi connectivity index (χ2v) is 4.92. The Morgan fingerprint density at radius 1 is 1.25 bits per heavy atom. The van der Waals surface area contributed by atoms with Crippen LogP contribution in [0.5, 0.6) is 0 Å². The molecule has 20 heavy (non-hydrogen) atoms. The van der Waals surface area contributed by atoms with E-state index < -0.39 is 10.8 Å². The number of carbonyl (C=O) groups is 1. The topological polar surface area (TPSA) is 98.3 Å². The molecule has 0 atom stereocenters. The zero-order valence-corrected chi connectivity index (χ0v) is 11.8. The minimum absolute atomic E-state index is 0.140. The van der Waals surface area contributed by atoms with Crippen molar-refractivity contribution in [2.24, 2.45) is 0 Å². The second kappa shape index (κ2) is 5.70. The molecule has 0 bridgehead atoms. The van der Waals surface area contributed by atoms with E-state index >= 15 is 0 Å². The highest BCUT2D eigenvalue weighted by Crippen LogP contribution is 2.24. The Bertz CT molecular complexity index is 668. The molecule has 3 N–H and O–H groups in total. The van der Waals surface area contributed by atoms with E-state index in [1.165, 1.54) is 24.3 Å². The summed E-state index contributed by atoms with van der Waals surface area (Å²) in [6.45, 7) is 0. The Labute approximate surface area is 122 Å². The quantitative estimate of drug-likeness (QED) is 0.511. The van der Waals surface area contributed by atoms with Gasteiger partial charge < -0.3 is 11.1 Å². The number of nitrogen functional groups attached to an aromatic ring is 1. The fourth-order valence-electron chi connectivity index (χ4n) is 1.68. The van der Waals surface area contributed by atoms with Crippen molar-refractivity contribution in [3.8, 4) is 0 Å². The van der Waals surface area contributed by atoms with Crippen LogP contribution >= 0.6 is 15.9 Å². The molecule has 0 saturated carbocycles. The van der Waals surface area contributed by atoms with E-state index in [1.54, 1.807) is 18.2 Å². The third-order valence-electron chi connectivity index (χ3n) is 2.53. The molecule has 2 rings (SSSR count). The average Bonchev–Trinajstić information content (AvgIpc) is 2.37. The lowest BCUT2D eigenvalue weighted by Gasteiger charge is -2.07. The van der Waals surface area contributed by atoms with Gasteiger partial charge in [0.1, 0.15) is 5.69 Å². The first-order valence-electron chi connectivity index (χ1n) is 5.58. The first-order chi connectivity index (χ1) is 9.47. The van der Waals surface area contributed by atoms with Crippen molar-refractivity contribution in [1.29, 1.82) is 0 Å². The molecule has 0 fully saturated rings. The summed E-state index contributed by atoms with van der Waals surface area (Å²) < 4.78 is 0.658. The Kier molecular flexibility index (Phi) is 3.99. The van der Waals surface area contributed by atoms with Crippen molar-refractivity contribution in [3.05, 3.63) is 62.6 Å². The molecule has 0 spiro atoms. The molecule has 2 aromatic carbocycles. The van der Waals surface area contributed by atoms with Crippen LogP contribution in [0.25, 0.3) is 0 Å². The molecule has 0 aliphatic rings. The SMILES string of the molecule is Nc1cc(Br)cc(C(=O)Nc2ccccc2[N+](=O)[O-])c1. The Hall–Kier alpha value is -2.41. The van der Waals surface area contributed by atoms with E-state index in [0.29, 0.717) is 15.7 Å². The Balaban J connectivity index is 2.30. The first kappa shape index (κ1) is 14.0. The van der Waals surface area contributed by atoms with Gasteiger partial charge in [-0.05, 0) is 24.3 Å². The predicted octanol–water partition coefficient (Wildman–Crippen LogP) is 3.19. The van der Waals surface area contributed by atoms with E-state index in [2.05, 4.69) is 21.2 Å². The summed E-state index contributed by atoms with van der Waals surface area (Å²) in [5.74, 6) is -0.465. The van der Waals surface area contributed by atoms with Crippen molar-refractivity contribution in [3.63, 3.8) is 0 Å². The minimum atomic E-state index is -0.551. The van der Waals surface area contributed by atoms with Crippen molar-refractivity contribution < 1.29 is 9.72 Å². The van der Waals surface area contributed by atoms with Crippen LogP contribution in [-0.2, 0) is 0 Å². The number of amides is 1.